The number of fused-ring (bicyclic) bond motifs is 1. The first-order valence-corrected chi connectivity index (χ1v) is 11.2. The molecule has 31 heavy (non-hydrogen) atoms. The molecule has 3 N–H and O–H groups in total. The average molecular weight is 476 g/mol. The van der Waals surface area contributed by atoms with Crippen LogP contribution in [-0.4, -0.2) is 23.5 Å². The van der Waals surface area contributed by atoms with E-state index in [4.69, 9.17) is 28.6 Å². The van der Waals surface area contributed by atoms with Crippen LogP contribution in [0.15, 0.2) is 42.5 Å². The number of ether oxygens (including phenoxy) is 1. The molecule has 0 atom stereocenters. The lowest BCUT2D eigenvalue weighted by atomic mass is 10.0. The van der Waals surface area contributed by atoms with Gasteiger partial charge in [-0.2, -0.15) is 0 Å². The summed E-state index contributed by atoms with van der Waals surface area (Å²) < 4.78 is 6.58. The summed E-state index contributed by atoms with van der Waals surface area (Å²) in [7, 11) is 0. The van der Waals surface area contributed by atoms with Crippen molar-refractivity contribution in [3.05, 3.63) is 63.5 Å². The molecule has 0 radical (unpaired) electrons. The van der Waals surface area contributed by atoms with Crippen LogP contribution >= 0.6 is 35.2 Å². The van der Waals surface area contributed by atoms with E-state index >= 15 is 0 Å². The van der Waals surface area contributed by atoms with Gasteiger partial charge in [0.2, 0.25) is 0 Å². The average Bonchev–Trinajstić information content (AvgIpc) is 3.07. The summed E-state index contributed by atoms with van der Waals surface area (Å²) >= 11 is 12.7. The molecule has 3 rings (SSSR count). The summed E-state index contributed by atoms with van der Waals surface area (Å²) in [5.41, 5.74) is 6.98. The van der Waals surface area contributed by atoms with E-state index in [-0.39, 0.29) is 17.6 Å². The third kappa shape index (κ3) is 5.72. The van der Waals surface area contributed by atoms with Gasteiger partial charge in [-0.25, -0.2) is 0 Å². The summed E-state index contributed by atoms with van der Waals surface area (Å²) in [4.78, 5) is 25.0. The molecule has 6 nitrogen and oxygen atoms in total. The summed E-state index contributed by atoms with van der Waals surface area (Å²) in [5.74, 6) is 0.0453. The van der Waals surface area contributed by atoms with E-state index < -0.39 is 11.8 Å². The molecule has 162 valence electrons. The minimum absolute atomic E-state index is 0.0507. The molecule has 0 saturated carbocycles. The van der Waals surface area contributed by atoms with Crippen LogP contribution in [0.4, 0.5) is 0 Å². The minimum atomic E-state index is -0.449. The molecule has 3 aromatic rings. The molecule has 0 fully saturated rings. The standard InChI is InChI=1S/C22H22ClN3O3S2/c1-12(2)14-9-8-13(3)10-16(14)29-11-18(27)25-26-22(30)24-21(28)20-19(23)15-6-4-5-7-17(15)31-20/h4-10,12H,11H2,1-3H3,(H,25,27)(H2,24,26,28,30). The third-order valence-corrected chi connectivity index (χ3v) is 6.31. The molecule has 0 bridgehead atoms. The molecule has 2 aromatic carbocycles. The number of halogens is 1. The lowest BCUT2D eigenvalue weighted by Gasteiger charge is -2.15. The van der Waals surface area contributed by atoms with Gasteiger partial charge in [0.25, 0.3) is 11.8 Å². The lowest BCUT2D eigenvalue weighted by Crippen LogP contribution is -2.49. The molecule has 0 unspecified atom stereocenters. The first-order chi connectivity index (χ1) is 14.8. The number of hydrazine groups is 1. The Morgan fingerprint density at radius 2 is 1.90 bits per heavy atom. The predicted octanol–water partition coefficient (Wildman–Crippen LogP) is 4.70. The number of hydrogen-bond acceptors (Lipinski definition) is 5. The number of rotatable bonds is 5. The summed E-state index contributed by atoms with van der Waals surface area (Å²) in [6, 6.07) is 13.4. The maximum Gasteiger partial charge on any atom is 0.276 e. The highest BCUT2D eigenvalue weighted by Crippen LogP contribution is 2.35. The number of thiocarbonyl (C=S) groups is 1. The highest BCUT2D eigenvalue weighted by molar-refractivity contribution is 7.80. The first kappa shape index (κ1) is 23.0. The van der Waals surface area contributed by atoms with E-state index in [0.29, 0.717) is 15.6 Å². The predicted molar refractivity (Wildman–Crippen MR) is 129 cm³/mol. The zero-order valence-corrected chi connectivity index (χ0v) is 19.6. The number of thiophene rings is 1. The van der Waals surface area contributed by atoms with Crippen molar-refractivity contribution in [3.8, 4) is 5.75 Å². The van der Waals surface area contributed by atoms with Crippen LogP contribution < -0.4 is 20.9 Å². The van der Waals surface area contributed by atoms with Gasteiger partial charge >= 0.3 is 0 Å². The lowest BCUT2D eigenvalue weighted by molar-refractivity contribution is -0.123. The van der Waals surface area contributed by atoms with Crippen molar-refractivity contribution in [2.45, 2.75) is 26.7 Å². The van der Waals surface area contributed by atoms with Crippen molar-refractivity contribution in [1.29, 1.82) is 0 Å². The number of carbonyl (C=O) groups excluding carboxylic acids is 2. The maximum absolute atomic E-state index is 12.5. The van der Waals surface area contributed by atoms with Crippen molar-refractivity contribution in [1.82, 2.24) is 16.2 Å². The number of amides is 2. The Morgan fingerprint density at radius 3 is 2.61 bits per heavy atom. The number of hydrogen-bond donors (Lipinski definition) is 3. The Kier molecular flexibility index (Phi) is 7.48. The van der Waals surface area contributed by atoms with Crippen LogP contribution in [0, 0.1) is 6.92 Å². The van der Waals surface area contributed by atoms with Crippen molar-refractivity contribution in [2.24, 2.45) is 0 Å². The van der Waals surface area contributed by atoms with Crippen LogP contribution in [0.5, 0.6) is 5.75 Å². The zero-order valence-electron chi connectivity index (χ0n) is 17.2. The van der Waals surface area contributed by atoms with Crippen molar-refractivity contribution in [2.75, 3.05) is 6.61 Å². The van der Waals surface area contributed by atoms with E-state index in [1.54, 1.807) is 0 Å². The van der Waals surface area contributed by atoms with Crippen molar-refractivity contribution in [3.63, 3.8) is 0 Å². The molecular weight excluding hydrogens is 454 g/mol. The van der Waals surface area contributed by atoms with Crippen LogP contribution in [-0.2, 0) is 4.79 Å². The number of carbonyl (C=O) groups is 2. The molecule has 2 amide bonds. The number of benzene rings is 2. The Bertz CT molecular complexity index is 1140. The monoisotopic (exact) mass is 475 g/mol. The van der Waals surface area contributed by atoms with Gasteiger partial charge in [0, 0.05) is 10.1 Å². The van der Waals surface area contributed by atoms with Gasteiger partial charge < -0.3 is 4.74 Å². The number of nitrogens with one attached hydrogen (secondary N) is 3. The number of aryl methyl sites for hydroxylation is 1. The highest BCUT2D eigenvalue weighted by Gasteiger charge is 2.18. The van der Waals surface area contributed by atoms with Gasteiger partial charge in [-0.15, -0.1) is 11.3 Å². The maximum atomic E-state index is 12.5. The molecule has 0 aliphatic rings. The van der Waals surface area contributed by atoms with Crippen LogP contribution in [0.3, 0.4) is 0 Å². The van der Waals surface area contributed by atoms with Gasteiger partial charge in [-0.3, -0.25) is 25.8 Å². The second kappa shape index (κ2) is 10.1. The van der Waals surface area contributed by atoms with Gasteiger partial charge in [0.05, 0.1) is 5.02 Å². The second-order valence-corrected chi connectivity index (χ2v) is 9.02. The van der Waals surface area contributed by atoms with E-state index in [1.165, 1.54) is 11.3 Å². The smallest absolute Gasteiger partial charge is 0.276 e. The van der Waals surface area contributed by atoms with Gasteiger partial charge in [-0.05, 0) is 48.3 Å². The molecule has 0 aliphatic heterocycles. The molecule has 9 heteroatoms. The third-order valence-electron chi connectivity index (χ3n) is 4.43. The molecule has 1 heterocycles. The van der Waals surface area contributed by atoms with Gasteiger partial charge in [-0.1, -0.05) is 55.8 Å². The van der Waals surface area contributed by atoms with E-state index in [0.717, 1.165) is 21.2 Å². The highest BCUT2D eigenvalue weighted by atomic mass is 35.5. The minimum Gasteiger partial charge on any atom is -0.483 e. The van der Waals surface area contributed by atoms with E-state index in [9.17, 15) is 9.59 Å². The Labute approximate surface area is 194 Å². The summed E-state index contributed by atoms with van der Waals surface area (Å²) in [5, 5.41) is 3.64. The fourth-order valence-electron chi connectivity index (χ4n) is 2.90. The van der Waals surface area contributed by atoms with E-state index in [1.807, 2.05) is 49.4 Å². The van der Waals surface area contributed by atoms with Crippen LogP contribution in [0.25, 0.3) is 10.1 Å². The van der Waals surface area contributed by atoms with E-state index in [2.05, 4.69) is 30.0 Å². The second-order valence-electron chi connectivity index (χ2n) is 7.18. The van der Waals surface area contributed by atoms with Crippen LogP contribution in [0.1, 0.15) is 40.6 Å². The topological polar surface area (TPSA) is 79.5 Å². The largest absolute Gasteiger partial charge is 0.483 e. The van der Waals surface area contributed by atoms with Crippen molar-refractivity contribution >= 4 is 62.2 Å². The van der Waals surface area contributed by atoms with Crippen molar-refractivity contribution < 1.29 is 14.3 Å². The molecule has 0 aliphatic carbocycles. The molecule has 0 spiro atoms. The van der Waals surface area contributed by atoms with Gasteiger partial charge in [0.1, 0.15) is 10.6 Å². The summed E-state index contributed by atoms with van der Waals surface area (Å²) in [6.45, 7) is 5.88. The summed E-state index contributed by atoms with van der Waals surface area (Å²) in [6.07, 6.45) is 0. The Balaban J connectivity index is 1.51. The molecular formula is C22H22ClN3O3S2. The quantitative estimate of drug-likeness (QED) is 0.368. The van der Waals surface area contributed by atoms with Gasteiger partial charge in [0.15, 0.2) is 11.7 Å². The molecule has 1 aromatic heterocycles. The Hall–Kier alpha value is -2.68. The first-order valence-electron chi connectivity index (χ1n) is 9.56. The SMILES string of the molecule is Cc1ccc(C(C)C)c(OCC(=O)NNC(=S)NC(=O)c2sc3ccccc3c2Cl)c1. The Morgan fingerprint density at radius 1 is 1.16 bits per heavy atom. The zero-order chi connectivity index (χ0) is 22.5. The fourth-order valence-corrected chi connectivity index (χ4v) is 4.46. The normalized spacial score (nSPS) is 10.7. The molecule has 0 saturated heterocycles. The van der Waals surface area contributed by atoms with Crippen LogP contribution in [0.2, 0.25) is 5.02 Å². The fraction of sp³-hybridized carbons (Fsp3) is 0.227.